The summed E-state index contributed by atoms with van der Waals surface area (Å²) < 4.78 is 13.8. The van der Waals surface area contributed by atoms with E-state index in [4.69, 9.17) is 14.5 Å². The molecule has 3 aromatic rings. The number of fused-ring (bicyclic) bond motifs is 1. The first kappa shape index (κ1) is 21.5. The quantitative estimate of drug-likeness (QED) is 0.446. The minimum Gasteiger partial charge on any atom is -0.493 e. The molecular formula is C21H21Br2N3O3. The number of nitrogens with zero attached hydrogens (tertiary/aromatic N) is 3. The van der Waals surface area contributed by atoms with Gasteiger partial charge in [-0.2, -0.15) is 9.78 Å². The predicted molar refractivity (Wildman–Crippen MR) is 123 cm³/mol. The highest BCUT2D eigenvalue weighted by molar-refractivity contribution is 9.10. The van der Waals surface area contributed by atoms with Gasteiger partial charge in [-0.05, 0) is 30.3 Å². The molecule has 0 aliphatic rings. The molecule has 29 heavy (non-hydrogen) atoms. The second-order valence-electron chi connectivity index (χ2n) is 7.44. The van der Waals surface area contributed by atoms with Crippen LogP contribution in [0.15, 0.2) is 49.2 Å². The Bertz CT molecular complexity index is 1160. The fourth-order valence-corrected chi connectivity index (χ4v) is 3.73. The number of hydrogen-bond acceptors (Lipinski definition) is 5. The maximum atomic E-state index is 13.2. The molecule has 0 N–H and O–H groups in total. The fourth-order valence-electron chi connectivity index (χ4n) is 2.92. The summed E-state index contributed by atoms with van der Waals surface area (Å²) in [6.45, 7) is 5.98. The standard InChI is InChI=1S/C21H21Br2N3O3/c1-21(2,3)20-25-16-7-6-13(22)9-15(16)19(27)26(20)24-11-12-8-14(23)10-17(28-4)18(12)29-5/h6-11H,1-5H3. The number of methoxy groups -OCH3 is 2. The van der Waals surface area contributed by atoms with Gasteiger partial charge in [0.2, 0.25) is 0 Å². The summed E-state index contributed by atoms with van der Waals surface area (Å²) >= 11 is 6.88. The Balaban J connectivity index is 2.26. The van der Waals surface area contributed by atoms with Crippen LogP contribution in [-0.4, -0.2) is 30.1 Å². The number of aromatic nitrogens is 2. The van der Waals surface area contributed by atoms with E-state index in [0.717, 1.165) is 8.95 Å². The van der Waals surface area contributed by atoms with E-state index in [-0.39, 0.29) is 5.56 Å². The molecule has 1 aromatic heterocycles. The summed E-state index contributed by atoms with van der Waals surface area (Å²) in [5.41, 5.74) is 0.672. The van der Waals surface area contributed by atoms with Gasteiger partial charge in [-0.25, -0.2) is 4.98 Å². The van der Waals surface area contributed by atoms with E-state index < -0.39 is 5.41 Å². The SMILES string of the molecule is COc1cc(Br)cc(C=Nn2c(C(C)(C)C)nc3ccc(Br)cc3c2=O)c1OC. The van der Waals surface area contributed by atoms with Crippen molar-refractivity contribution in [2.75, 3.05) is 14.2 Å². The van der Waals surface area contributed by atoms with E-state index in [0.29, 0.717) is 33.8 Å². The Hall–Kier alpha value is -2.19. The minimum absolute atomic E-state index is 0.238. The zero-order valence-electron chi connectivity index (χ0n) is 16.8. The summed E-state index contributed by atoms with van der Waals surface area (Å²) in [6.07, 6.45) is 1.58. The number of benzene rings is 2. The highest BCUT2D eigenvalue weighted by Gasteiger charge is 2.23. The van der Waals surface area contributed by atoms with Crippen molar-refractivity contribution >= 4 is 49.0 Å². The second-order valence-corrected chi connectivity index (χ2v) is 9.27. The maximum Gasteiger partial charge on any atom is 0.282 e. The molecular weight excluding hydrogens is 502 g/mol. The average Bonchev–Trinajstić information content (AvgIpc) is 2.66. The number of ether oxygens (including phenoxy) is 2. The van der Waals surface area contributed by atoms with Gasteiger partial charge in [0, 0.05) is 19.9 Å². The lowest BCUT2D eigenvalue weighted by molar-refractivity contribution is 0.354. The van der Waals surface area contributed by atoms with Crippen LogP contribution in [0.1, 0.15) is 32.2 Å². The highest BCUT2D eigenvalue weighted by Crippen LogP contribution is 2.33. The van der Waals surface area contributed by atoms with Crippen LogP contribution in [0.2, 0.25) is 0 Å². The van der Waals surface area contributed by atoms with Crippen LogP contribution in [0.3, 0.4) is 0 Å². The molecule has 0 bridgehead atoms. The lowest BCUT2D eigenvalue weighted by Crippen LogP contribution is -2.29. The number of rotatable bonds is 4. The van der Waals surface area contributed by atoms with E-state index in [9.17, 15) is 4.79 Å². The Kier molecular flexibility index (Phi) is 6.14. The van der Waals surface area contributed by atoms with E-state index >= 15 is 0 Å². The molecule has 3 rings (SSSR count). The van der Waals surface area contributed by atoms with Gasteiger partial charge in [0.05, 0.1) is 31.3 Å². The van der Waals surface area contributed by atoms with Crippen molar-refractivity contribution < 1.29 is 9.47 Å². The third-order valence-corrected chi connectivity index (χ3v) is 5.21. The van der Waals surface area contributed by atoms with Crippen LogP contribution in [0.5, 0.6) is 11.5 Å². The van der Waals surface area contributed by atoms with Gasteiger partial charge in [-0.3, -0.25) is 4.79 Å². The van der Waals surface area contributed by atoms with E-state index in [2.05, 4.69) is 37.0 Å². The van der Waals surface area contributed by atoms with E-state index in [1.807, 2.05) is 39.0 Å². The van der Waals surface area contributed by atoms with Crippen molar-refractivity contribution in [1.29, 1.82) is 0 Å². The summed E-state index contributed by atoms with van der Waals surface area (Å²) in [7, 11) is 3.13. The molecule has 2 aromatic carbocycles. The summed E-state index contributed by atoms with van der Waals surface area (Å²) in [4.78, 5) is 18.0. The largest absolute Gasteiger partial charge is 0.493 e. The van der Waals surface area contributed by atoms with Crippen LogP contribution in [0.25, 0.3) is 10.9 Å². The van der Waals surface area contributed by atoms with Gasteiger partial charge in [0.1, 0.15) is 5.82 Å². The van der Waals surface area contributed by atoms with Crippen molar-refractivity contribution in [3.8, 4) is 11.5 Å². The van der Waals surface area contributed by atoms with Crippen LogP contribution in [0.4, 0.5) is 0 Å². The minimum atomic E-state index is -0.392. The van der Waals surface area contributed by atoms with Crippen LogP contribution in [0, 0.1) is 0 Å². The molecule has 0 aliphatic heterocycles. The van der Waals surface area contributed by atoms with Gasteiger partial charge >= 0.3 is 0 Å². The Morgan fingerprint density at radius 2 is 1.79 bits per heavy atom. The van der Waals surface area contributed by atoms with Crippen molar-refractivity contribution in [3.63, 3.8) is 0 Å². The topological polar surface area (TPSA) is 65.7 Å². The maximum absolute atomic E-state index is 13.2. The molecule has 0 aliphatic carbocycles. The van der Waals surface area contributed by atoms with Gasteiger partial charge in [0.25, 0.3) is 5.56 Å². The van der Waals surface area contributed by atoms with Gasteiger partial charge in [0.15, 0.2) is 11.5 Å². The van der Waals surface area contributed by atoms with Crippen molar-refractivity contribution in [2.24, 2.45) is 5.10 Å². The third kappa shape index (κ3) is 4.38. The van der Waals surface area contributed by atoms with Crippen LogP contribution < -0.4 is 15.0 Å². The van der Waals surface area contributed by atoms with Gasteiger partial charge < -0.3 is 9.47 Å². The Labute approximate surface area is 185 Å². The molecule has 0 unspecified atom stereocenters. The number of halogens is 2. The Morgan fingerprint density at radius 1 is 1.07 bits per heavy atom. The first-order valence-electron chi connectivity index (χ1n) is 8.84. The zero-order chi connectivity index (χ0) is 21.3. The predicted octanol–water partition coefficient (Wildman–Crippen LogP) is 5.12. The van der Waals surface area contributed by atoms with Crippen molar-refractivity contribution in [1.82, 2.24) is 9.66 Å². The Morgan fingerprint density at radius 3 is 2.41 bits per heavy atom. The fraction of sp³-hybridized carbons (Fsp3) is 0.286. The highest BCUT2D eigenvalue weighted by atomic mass is 79.9. The van der Waals surface area contributed by atoms with Crippen LogP contribution in [-0.2, 0) is 5.41 Å². The first-order valence-corrected chi connectivity index (χ1v) is 10.4. The van der Waals surface area contributed by atoms with Crippen LogP contribution >= 0.6 is 31.9 Å². The molecule has 0 spiro atoms. The zero-order valence-corrected chi connectivity index (χ0v) is 20.0. The van der Waals surface area contributed by atoms with E-state index in [1.165, 1.54) is 4.68 Å². The summed E-state index contributed by atoms with van der Waals surface area (Å²) in [5, 5.41) is 4.98. The smallest absolute Gasteiger partial charge is 0.282 e. The molecule has 0 amide bonds. The monoisotopic (exact) mass is 521 g/mol. The third-order valence-electron chi connectivity index (χ3n) is 4.26. The van der Waals surface area contributed by atoms with Gasteiger partial charge in [-0.15, -0.1) is 0 Å². The lowest BCUT2D eigenvalue weighted by Gasteiger charge is -2.21. The molecule has 0 saturated carbocycles. The normalized spacial score (nSPS) is 12.0. The molecule has 152 valence electrons. The summed E-state index contributed by atoms with van der Waals surface area (Å²) in [5.74, 6) is 1.66. The van der Waals surface area contributed by atoms with Gasteiger partial charge in [-0.1, -0.05) is 52.6 Å². The molecule has 0 saturated heterocycles. The first-order chi connectivity index (χ1) is 13.7. The number of hydrogen-bond donors (Lipinski definition) is 0. The average molecular weight is 523 g/mol. The summed E-state index contributed by atoms with van der Waals surface area (Å²) in [6, 6.07) is 9.10. The second kappa shape index (κ2) is 8.28. The molecule has 0 radical (unpaired) electrons. The molecule has 0 fully saturated rings. The molecule has 0 atom stereocenters. The van der Waals surface area contributed by atoms with Crippen molar-refractivity contribution in [2.45, 2.75) is 26.2 Å². The van der Waals surface area contributed by atoms with E-state index in [1.54, 1.807) is 32.6 Å². The van der Waals surface area contributed by atoms with Crippen molar-refractivity contribution in [3.05, 3.63) is 61.0 Å². The molecule has 1 heterocycles. The lowest BCUT2D eigenvalue weighted by atomic mass is 9.95. The molecule has 8 heteroatoms. The molecule has 6 nitrogen and oxygen atoms in total.